The Kier molecular flexibility index (Phi) is 6.77. The molecule has 0 spiro atoms. The Morgan fingerprint density at radius 3 is 1.85 bits per heavy atom. The number of hydrogen-bond acceptors (Lipinski definition) is 5. The third-order valence-corrected chi connectivity index (χ3v) is 4.56. The van der Waals surface area contributed by atoms with Gasteiger partial charge in [-0.3, -0.25) is 0 Å². The molecular formula is C21H26O5. The maximum atomic E-state index is 10.8. The second kappa shape index (κ2) is 9.26. The van der Waals surface area contributed by atoms with Crippen molar-refractivity contribution in [2.75, 3.05) is 7.11 Å². The summed E-state index contributed by atoms with van der Waals surface area (Å²) >= 11 is 0. The van der Waals surface area contributed by atoms with Gasteiger partial charge in [-0.1, -0.05) is 60.7 Å². The lowest BCUT2D eigenvalue weighted by Crippen LogP contribution is -2.58. The van der Waals surface area contributed by atoms with Gasteiger partial charge in [0.2, 0.25) is 0 Å². The Labute approximate surface area is 154 Å². The molecule has 140 valence electrons. The molecule has 0 aromatic heterocycles. The molecule has 1 heterocycles. The zero-order chi connectivity index (χ0) is 18.4. The van der Waals surface area contributed by atoms with Crippen LogP contribution in [0, 0.1) is 0 Å². The predicted octanol–water partition coefficient (Wildman–Crippen LogP) is 2.91. The number of aliphatic hydroxyl groups excluding tert-OH is 1. The number of aliphatic hydroxyl groups is 1. The van der Waals surface area contributed by atoms with E-state index in [1.807, 2.05) is 67.6 Å². The summed E-state index contributed by atoms with van der Waals surface area (Å²) in [4.78, 5) is 0. The summed E-state index contributed by atoms with van der Waals surface area (Å²) in [5.41, 5.74) is 2.07. The van der Waals surface area contributed by atoms with Crippen molar-refractivity contribution < 1.29 is 24.1 Å². The monoisotopic (exact) mass is 358 g/mol. The van der Waals surface area contributed by atoms with E-state index in [4.69, 9.17) is 18.9 Å². The molecule has 3 rings (SSSR count). The van der Waals surface area contributed by atoms with Crippen molar-refractivity contribution in [3.63, 3.8) is 0 Å². The fraction of sp³-hybridized carbons (Fsp3) is 0.429. The van der Waals surface area contributed by atoms with Gasteiger partial charge < -0.3 is 24.1 Å². The van der Waals surface area contributed by atoms with Gasteiger partial charge in [-0.05, 0) is 18.1 Å². The highest BCUT2D eigenvalue weighted by Gasteiger charge is 2.45. The van der Waals surface area contributed by atoms with Gasteiger partial charge in [0.25, 0.3) is 0 Å². The maximum absolute atomic E-state index is 10.8. The molecule has 2 aromatic rings. The van der Waals surface area contributed by atoms with Gasteiger partial charge in [0.15, 0.2) is 6.29 Å². The van der Waals surface area contributed by atoms with Crippen molar-refractivity contribution in [1.29, 1.82) is 0 Å². The molecule has 0 saturated carbocycles. The van der Waals surface area contributed by atoms with Crippen LogP contribution in [0.25, 0.3) is 0 Å². The van der Waals surface area contributed by atoms with Crippen molar-refractivity contribution in [1.82, 2.24) is 0 Å². The molecule has 0 radical (unpaired) electrons. The van der Waals surface area contributed by atoms with Crippen molar-refractivity contribution in [2.45, 2.75) is 50.8 Å². The zero-order valence-electron chi connectivity index (χ0n) is 15.2. The van der Waals surface area contributed by atoms with Crippen molar-refractivity contribution in [3.8, 4) is 0 Å². The van der Waals surface area contributed by atoms with E-state index in [1.165, 1.54) is 0 Å². The third kappa shape index (κ3) is 4.69. The van der Waals surface area contributed by atoms with Gasteiger partial charge in [0.1, 0.15) is 18.3 Å². The van der Waals surface area contributed by atoms with E-state index in [1.54, 1.807) is 7.11 Å². The van der Waals surface area contributed by atoms with E-state index in [0.29, 0.717) is 13.2 Å². The minimum absolute atomic E-state index is 0.310. The molecule has 5 heteroatoms. The van der Waals surface area contributed by atoms with Crippen LogP contribution in [0.15, 0.2) is 60.7 Å². The van der Waals surface area contributed by atoms with Crippen LogP contribution in [0.5, 0.6) is 0 Å². The minimum Gasteiger partial charge on any atom is -0.387 e. The summed E-state index contributed by atoms with van der Waals surface area (Å²) in [5, 5.41) is 10.8. The van der Waals surface area contributed by atoms with Crippen LogP contribution < -0.4 is 0 Å². The largest absolute Gasteiger partial charge is 0.387 e. The van der Waals surface area contributed by atoms with E-state index in [9.17, 15) is 5.11 Å². The van der Waals surface area contributed by atoms with E-state index in [0.717, 1.165) is 11.1 Å². The smallest absolute Gasteiger partial charge is 0.186 e. The normalized spacial score (nSPS) is 28.8. The molecule has 0 aliphatic carbocycles. The standard InChI is InChI=1S/C21H26O5/c1-15-19(24-13-16-9-5-3-6-10-16)18(22)20(21(23-2)26-15)25-14-17-11-7-4-8-12-17/h3-12,15,18-22H,13-14H2,1-2H3/t15-,18+,19+,20-,21?/m0/s1. The van der Waals surface area contributed by atoms with E-state index < -0.39 is 24.6 Å². The van der Waals surface area contributed by atoms with Gasteiger partial charge in [0.05, 0.1) is 19.3 Å². The molecule has 5 nitrogen and oxygen atoms in total. The first kappa shape index (κ1) is 19.0. The van der Waals surface area contributed by atoms with Crippen LogP contribution in [0.3, 0.4) is 0 Å². The van der Waals surface area contributed by atoms with Crippen LogP contribution in [0.4, 0.5) is 0 Å². The number of hydrogen-bond donors (Lipinski definition) is 1. The average molecular weight is 358 g/mol. The van der Waals surface area contributed by atoms with Gasteiger partial charge in [-0.2, -0.15) is 0 Å². The molecule has 0 amide bonds. The molecule has 1 fully saturated rings. The highest BCUT2D eigenvalue weighted by Crippen LogP contribution is 2.27. The Bertz CT molecular complexity index is 648. The molecule has 1 saturated heterocycles. The molecule has 2 aromatic carbocycles. The van der Waals surface area contributed by atoms with Crippen LogP contribution in [-0.2, 0) is 32.2 Å². The minimum atomic E-state index is -0.851. The van der Waals surface area contributed by atoms with E-state index in [-0.39, 0.29) is 6.10 Å². The maximum Gasteiger partial charge on any atom is 0.186 e. The number of methoxy groups -OCH3 is 1. The molecule has 1 N–H and O–H groups in total. The summed E-state index contributed by atoms with van der Waals surface area (Å²) in [7, 11) is 1.55. The zero-order valence-corrected chi connectivity index (χ0v) is 15.2. The van der Waals surface area contributed by atoms with Gasteiger partial charge in [0, 0.05) is 7.11 Å². The van der Waals surface area contributed by atoms with Crippen molar-refractivity contribution >= 4 is 0 Å². The molecule has 0 bridgehead atoms. The molecule has 5 atom stereocenters. The Hall–Kier alpha value is -1.76. The quantitative estimate of drug-likeness (QED) is 0.825. The summed E-state index contributed by atoms with van der Waals surface area (Å²) in [6.45, 7) is 2.64. The molecule has 1 unspecified atom stereocenters. The highest BCUT2D eigenvalue weighted by atomic mass is 16.7. The van der Waals surface area contributed by atoms with Crippen LogP contribution in [0.2, 0.25) is 0 Å². The summed E-state index contributed by atoms with van der Waals surface area (Å²) in [6, 6.07) is 19.7. The van der Waals surface area contributed by atoms with Crippen molar-refractivity contribution in [3.05, 3.63) is 71.8 Å². The summed E-state index contributed by atoms with van der Waals surface area (Å²) in [6.07, 6.45) is -2.92. The highest BCUT2D eigenvalue weighted by molar-refractivity contribution is 5.14. The Balaban J connectivity index is 1.64. The first-order valence-electron chi connectivity index (χ1n) is 8.86. The van der Waals surface area contributed by atoms with Crippen molar-refractivity contribution in [2.24, 2.45) is 0 Å². The Morgan fingerprint density at radius 1 is 0.846 bits per heavy atom. The number of benzene rings is 2. The summed E-state index contributed by atoms with van der Waals surface area (Å²) in [5.74, 6) is 0. The van der Waals surface area contributed by atoms with E-state index in [2.05, 4.69) is 0 Å². The first-order chi connectivity index (χ1) is 12.7. The Morgan fingerprint density at radius 2 is 1.35 bits per heavy atom. The van der Waals surface area contributed by atoms with Crippen LogP contribution in [-0.4, -0.2) is 42.9 Å². The second-order valence-corrected chi connectivity index (χ2v) is 6.46. The lowest BCUT2D eigenvalue weighted by atomic mass is 9.99. The topological polar surface area (TPSA) is 57.2 Å². The number of ether oxygens (including phenoxy) is 4. The lowest BCUT2D eigenvalue weighted by molar-refractivity contribution is -0.305. The van der Waals surface area contributed by atoms with Gasteiger partial charge in [-0.25, -0.2) is 0 Å². The third-order valence-electron chi connectivity index (χ3n) is 4.56. The molecule has 1 aliphatic heterocycles. The predicted molar refractivity (Wildman–Crippen MR) is 97.4 cm³/mol. The SMILES string of the molecule is COC1O[C@@H](C)[C@@H](OCc2ccccc2)[C@@H](O)[C@@H]1OCc1ccccc1. The fourth-order valence-electron chi connectivity index (χ4n) is 3.13. The van der Waals surface area contributed by atoms with E-state index >= 15 is 0 Å². The van der Waals surface area contributed by atoms with Gasteiger partial charge >= 0.3 is 0 Å². The lowest BCUT2D eigenvalue weighted by Gasteiger charge is -2.42. The second-order valence-electron chi connectivity index (χ2n) is 6.46. The van der Waals surface area contributed by atoms with Crippen LogP contribution >= 0.6 is 0 Å². The van der Waals surface area contributed by atoms with Crippen LogP contribution in [0.1, 0.15) is 18.1 Å². The molecule has 26 heavy (non-hydrogen) atoms. The van der Waals surface area contributed by atoms with Gasteiger partial charge in [-0.15, -0.1) is 0 Å². The molecular weight excluding hydrogens is 332 g/mol. The first-order valence-corrected chi connectivity index (χ1v) is 8.86. The molecule has 1 aliphatic rings. The average Bonchev–Trinajstić information content (AvgIpc) is 2.68. The number of rotatable bonds is 7. The fourth-order valence-corrected chi connectivity index (χ4v) is 3.13. The summed E-state index contributed by atoms with van der Waals surface area (Å²) < 4.78 is 23.2.